The number of halogens is 2. The van der Waals surface area contributed by atoms with Crippen LogP contribution in [-0.2, 0) is 19.6 Å². The molecule has 0 atom stereocenters. The number of benzene rings is 3. The second kappa shape index (κ2) is 10.2. The molecule has 0 spiro atoms. The molecule has 0 unspecified atom stereocenters. The van der Waals surface area contributed by atoms with Crippen molar-refractivity contribution in [2.45, 2.75) is 18.7 Å². The fourth-order valence-electron chi connectivity index (χ4n) is 3.01. The minimum Gasteiger partial charge on any atom is -0.326 e. The first kappa shape index (κ1) is 24.6. The Morgan fingerprint density at radius 3 is 1.88 bits per heavy atom. The molecule has 0 saturated carbocycles. The van der Waals surface area contributed by atoms with E-state index in [0.717, 1.165) is 9.87 Å². The molecule has 0 saturated heterocycles. The van der Waals surface area contributed by atoms with Gasteiger partial charge in [-0.25, -0.2) is 8.42 Å². The van der Waals surface area contributed by atoms with Gasteiger partial charge in [0.25, 0.3) is 10.0 Å². The Kier molecular flexibility index (Phi) is 7.63. The molecule has 0 radical (unpaired) electrons. The highest BCUT2D eigenvalue weighted by atomic mass is 35.5. The summed E-state index contributed by atoms with van der Waals surface area (Å²) in [6, 6.07) is 17.0. The fraction of sp³-hybridized carbons (Fsp3) is 0.130. The standard InChI is InChI=1S/C23H21Cl2N3O4S/c1-15-3-9-22(10-4-15)33(31,32)28(21-12-17(24)11-18(25)13-21)14-23(30)27-20-7-5-19(6-8-20)26-16(2)29/h3-13H,14H2,1-2H3,(H,26,29)(H,27,30). The van der Waals surface area contributed by atoms with Crippen molar-refractivity contribution in [3.8, 4) is 0 Å². The number of hydrogen-bond donors (Lipinski definition) is 2. The normalized spacial score (nSPS) is 11.0. The number of aryl methyl sites for hydroxylation is 1. The molecule has 0 aliphatic heterocycles. The van der Waals surface area contributed by atoms with Crippen LogP contribution in [0.25, 0.3) is 0 Å². The monoisotopic (exact) mass is 505 g/mol. The highest BCUT2D eigenvalue weighted by molar-refractivity contribution is 7.92. The number of nitrogens with zero attached hydrogens (tertiary/aromatic N) is 1. The smallest absolute Gasteiger partial charge is 0.264 e. The third kappa shape index (κ3) is 6.47. The zero-order valence-electron chi connectivity index (χ0n) is 17.8. The summed E-state index contributed by atoms with van der Waals surface area (Å²) in [5, 5.41) is 5.75. The second-order valence-electron chi connectivity index (χ2n) is 7.26. The number of carbonyl (C=O) groups excluding carboxylic acids is 2. The Morgan fingerprint density at radius 1 is 0.848 bits per heavy atom. The minimum absolute atomic E-state index is 0.0247. The van der Waals surface area contributed by atoms with Crippen molar-refractivity contribution in [2.75, 3.05) is 21.5 Å². The largest absolute Gasteiger partial charge is 0.326 e. The van der Waals surface area contributed by atoms with Crippen molar-refractivity contribution < 1.29 is 18.0 Å². The molecule has 0 fully saturated rings. The van der Waals surface area contributed by atoms with Crippen molar-refractivity contribution in [1.82, 2.24) is 0 Å². The van der Waals surface area contributed by atoms with E-state index in [2.05, 4.69) is 10.6 Å². The molecule has 3 aromatic carbocycles. The van der Waals surface area contributed by atoms with Gasteiger partial charge in [-0.2, -0.15) is 0 Å². The van der Waals surface area contributed by atoms with Crippen LogP contribution in [0.2, 0.25) is 10.0 Å². The Balaban J connectivity index is 1.90. The number of carbonyl (C=O) groups is 2. The lowest BCUT2D eigenvalue weighted by Crippen LogP contribution is -2.38. The van der Waals surface area contributed by atoms with Crippen LogP contribution in [0.3, 0.4) is 0 Å². The van der Waals surface area contributed by atoms with Gasteiger partial charge in [0.2, 0.25) is 11.8 Å². The summed E-state index contributed by atoms with van der Waals surface area (Å²) in [5.74, 6) is -0.794. The van der Waals surface area contributed by atoms with Crippen LogP contribution in [0.15, 0.2) is 71.6 Å². The summed E-state index contributed by atoms with van der Waals surface area (Å²) in [6.07, 6.45) is 0. The van der Waals surface area contributed by atoms with Gasteiger partial charge in [-0.3, -0.25) is 13.9 Å². The Bertz CT molecular complexity index is 1260. The molecule has 2 amide bonds. The zero-order chi connectivity index (χ0) is 24.2. The molecule has 3 aromatic rings. The highest BCUT2D eigenvalue weighted by Gasteiger charge is 2.28. The molecular formula is C23H21Cl2N3O4S. The minimum atomic E-state index is -4.10. The quantitative estimate of drug-likeness (QED) is 0.467. The first-order chi connectivity index (χ1) is 15.5. The van der Waals surface area contributed by atoms with E-state index >= 15 is 0 Å². The third-order valence-electron chi connectivity index (χ3n) is 4.52. The van der Waals surface area contributed by atoms with Crippen LogP contribution in [0.1, 0.15) is 12.5 Å². The summed E-state index contributed by atoms with van der Waals surface area (Å²) in [7, 11) is -4.10. The Hall–Kier alpha value is -3.07. The molecule has 172 valence electrons. The number of rotatable bonds is 7. The van der Waals surface area contributed by atoms with E-state index in [1.165, 1.54) is 37.3 Å². The van der Waals surface area contributed by atoms with Gasteiger partial charge in [-0.05, 0) is 61.5 Å². The number of amides is 2. The van der Waals surface area contributed by atoms with E-state index in [-0.39, 0.29) is 26.5 Å². The zero-order valence-corrected chi connectivity index (χ0v) is 20.1. The van der Waals surface area contributed by atoms with E-state index < -0.39 is 22.5 Å². The van der Waals surface area contributed by atoms with E-state index in [4.69, 9.17) is 23.2 Å². The van der Waals surface area contributed by atoms with Crippen LogP contribution in [0.5, 0.6) is 0 Å². The van der Waals surface area contributed by atoms with Gasteiger partial charge in [-0.15, -0.1) is 0 Å². The maximum atomic E-state index is 13.4. The topological polar surface area (TPSA) is 95.6 Å². The summed E-state index contributed by atoms with van der Waals surface area (Å²) in [5.41, 5.74) is 2.06. The van der Waals surface area contributed by atoms with Crippen molar-refractivity contribution >= 4 is 62.1 Å². The fourth-order valence-corrected chi connectivity index (χ4v) is 4.93. The van der Waals surface area contributed by atoms with Crippen LogP contribution >= 0.6 is 23.2 Å². The van der Waals surface area contributed by atoms with Crippen LogP contribution in [0, 0.1) is 6.92 Å². The van der Waals surface area contributed by atoms with E-state index in [9.17, 15) is 18.0 Å². The molecule has 0 bridgehead atoms. The van der Waals surface area contributed by atoms with Gasteiger partial charge >= 0.3 is 0 Å². The van der Waals surface area contributed by atoms with Crippen molar-refractivity contribution in [3.63, 3.8) is 0 Å². The molecule has 33 heavy (non-hydrogen) atoms. The molecule has 10 heteroatoms. The second-order valence-corrected chi connectivity index (χ2v) is 9.99. The molecule has 0 aliphatic carbocycles. The average Bonchev–Trinajstić information content (AvgIpc) is 2.72. The first-order valence-electron chi connectivity index (χ1n) is 9.77. The number of anilines is 3. The van der Waals surface area contributed by atoms with Gasteiger partial charge in [-0.1, -0.05) is 40.9 Å². The molecular weight excluding hydrogens is 485 g/mol. The summed E-state index contributed by atoms with van der Waals surface area (Å²) in [6.45, 7) is 2.72. The number of hydrogen-bond acceptors (Lipinski definition) is 4. The highest BCUT2D eigenvalue weighted by Crippen LogP contribution is 2.30. The van der Waals surface area contributed by atoms with Crippen LogP contribution in [-0.4, -0.2) is 26.8 Å². The molecule has 7 nitrogen and oxygen atoms in total. The van der Waals surface area contributed by atoms with Gasteiger partial charge < -0.3 is 10.6 Å². The summed E-state index contributed by atoms with van der Waals surface area (Å²) in [4.78, 5) is 24.0. The maximum Gasteiger partial charge on any atom is 0.264 e. The number of sulfonamides is 1. The average molecular weight is 506 g/mol. The van der Waals surface area contributed by atoms with E-state index in [1.54, 1.807) is 36.4 Å². The Labute approximate surface area is 202 Å². The van der Waals surface area contributed by atoms with Crippen LogP contribution < -0.4 is 14.9 Å². The molecule has 2 N–H and O–H groups in total. The predicted molar refractivity (Wildman–Crippen MR) is 132 cm³/mol. The lowest BCUT2D eigenvalue weighted by atomic mass is 10.2. The first-order valence-corrected chi connectivity index (χ1v) is 12.0. The lowest BCUT2D eigenvalue weighted by Gasteiger charge is -2.24. The van der Waals surface area contributed by atoms with E-state index in [0.29, 0.717) is 11.4 Å². The molecule has 0 heterocycles. The molecule has 0 aliphatic rings. The summed E-state index contributed by atoms with van der Waals surface area (Å²) >= 11 is 12.2. The van der Waals surface area contributed by atoms with Gasteiger partial charge in [0.05, 0.1) is 10.6 Å². The van der Waals surface area contributed by atoms with Crippen molar-refractivity contribution in [3.05, 3.63) is 82.3 Å². The molecule has 3 rings (SSSR count). The van der Waals surface area contributed by atoms with Gasteiger partial charge in [0, 0.05) is 28.3 Å². The number of nitrogens with one attached hydrogen (secondary N) is 2. The third-order valence-corrected chi connectivity index (χ3v) is 6.75. The maximum absolute atomic E-state index is 13.4. The van der Waals surface area contributed by atoms with Crippen molar-refractivity contribution in [2.24, 2.45) is 0 Å². The summed E-state index contributed by atoms with van der Waals surface area (Å²) < 4.78 is 27.8. The predicted octanol–water partition coefficient (Wildman–Crippen LogP) is 5.09. The van der Waals surface area contributed by atoms with Gasteiger partial charge in [0.1, 0.15) is 6.54 Å². The van der Waals surface area contributed by atoms with Crippen LogP contribution in [0.4, 0.5) is 17.1 Å². The van der Waals surface area contributed by atoms with Gasteiger partial charge in [0.15, 0.2) is 0 Å². The lowest BCUT2D eigenvalue weighted by molar-refractivity contribution is -0.115. The Morgan fingerprint density at radius 2 is 1.36 bits per heavy atom. The van der Waals surface area contributed by atoms with Crippen molar-refractivity contribution in [1.29, 1.82) is 0 Å². The molecule has 0 aromatic heterocycles. The van der Waals surface area contributed by atoms with E-state index in [1.807, 2.05) is 6.92 Å². The SMILES string of the molecule is CC(=O)Nc1ccc(NC(=O)CN(c2cc(Cl)cc(Cl)c2)S(=O)(=O)c2ccc(C)cc2)cc1.